The molecule has 0 spiro atoms. The minimum Gasteiger partial charge on any atom is -0.497 e. The Morgan fingerprint density at radius 1 is 1.20 bits per heavy atom. The summed E-state index contributed by atoms with van der Waals surface area (Å²) in [5, 5.41) is 11.7. The quantitative estimate of drug-likeness (QED) is 0.726. The van der Waals surface area contributed by atoms with Crippen LogP contribution in [0.5, 0.6) is 5.75 Å². The molecule has 2 aromatic carbocycles. The number of ether oxygens (including phenoxy) is 2. The summed E-state index contributed by atoms with van der Waals surface area (Å²) in [6.45, 7) is 0.103. The summed E-state index contributed by atoms with van der Waals surface area (Å²) in [4.78, 5) is 23.2. The predicted molar refractivity (Wildman–Crippen MR) is 95.5 cm³/mol. The van der Waals surface area contributed by atoms with Crippen molar-refractivity contribution < 1.29 is 24.2 Å². The fraction of sp³-hybridized carbons (Fsp3) is 0.222. The van der Waals surface area contributed by atoms with E-state index >= 15 is 0 Å². The number of hydrogen-bond acceptors (Lipinski definition) is 4. The Labute approximate surface area is 153 Å². The van der Waals surface area contributed by atoms with Crippen LogP contribution >= 0.6 is 15.9 Å². The Hall–Kier alpha value is -2.54. The number of carboxylic acids is 1. The lowest BCUT2D eigenvalue weighted by molar-refractivity contribution is -0.137. The summed E-state index contributed by atoms with van der Waals surface area (Å²) in [6.07, 6.45) is -0.975. The molecule has 0 aliphatic carbocycles. The van der Waals surface area contributed by atoms with Gasteiger partial charge in [0.15, 0.2) is 0 Å². The zero-order valence-electron chi connectivity index (χ0n) is 13.6. The number of rotatable bonds is 7. The van der Waals surface area contributed by atoms with Crippen LogP contribution in [-0.4, -0.2) is 24.3 Å². The maximum atomic E-state index is 12.1. The standard InChI is InChI=1S/C18H18BrNO5/c1-24-13-7-8-15(19)14(9-13)16(10-17(21)22)20-18(23)25-11-12-5-3-2-4-6-12/h2-9,16H,10-11H2,1H3,(H,20,23)(H,21,22)/t16-/m1/s1. The van der Waals surface area contributed by atoms with Gasteiger partial charge in [-0.1, -0.05) is 46.3 Å². The van der Waals surface area contributed by atoms with Gasteiger partial charge in [0, 0.05) is 4.47 Å². The number of halogens is 1. The second-order valence-corrected chi connectivity index (χ2v) is 6.10. The van der Waals surface area contributed by atoms with E-state index in [2.05, 4.69) is 21.2 Å². The number of nitrogens with one attached hydrogen (secondary N) is 1. The van der Waals surface area contributed by atoms with E-state index in [0.717, 1.165) is 5.56 Å². The molecule has 0 aliphatic heterocycles. The molecule has 1 amide bonds. The SMILES string of the molecule is COc1ccc(Br)c([C@@H](CC(=O)O)NC(=O)OCc2ccccc2)c1. The number of hydrogen-bond donors (Lipinski definition) is 2. The van der Waals surface area contributed by atoms with Crippen molar-refractivity contribution in [2.45, 2.75) is 19.1 Å². The molecule has 1 atom stereocenters. The predicted octanol–water partition coefficient (Wildman–Crippen LogP) is 3.90. The van der Waals surface area contributed by atoms with Crippen LogP contribution in [0.1, 0.15) is 23.6 Å². The first-order valence-electron chi connectivity index (χ1n) is 7.52. The van der Waals surface area contributed by atoms with E-state index in [1.54, 1.807) is 18.2 Å². The highest BCUT2D eigenvalue weighted by Crippen LogP contribution is 2.29. The Balaban J connectivity index is 2.09. The molecular weight excluding hydrogens is 390 g/mol. The van der Waals surface area contributed by atoms with Crippen molar-refractivity contribution >= 4 is 28.0 Å². The first-order chi connectivity index (χ1) is 12.0. The lowest BCUT2D eigenvalue weighted by Gasteiger charge is -2.19. The van der Waals surface area contributed by atoms with E-state index in [-0.39, 0.29) is 13.0 Å². The molecule has 0 aromatic heterocycles. The van der Waals surface area contributed by atoms with E-state index in [1.807, 2.05) is 30.3 Å². The zero-order chi connectivity index (χ0) is 18.2. The van der Waals surface area contributed by atoms with Crippen molar-refractivity contribution in [3.63, 3.8) is 0 Å². The van der Waals surface area contributed by atoms with Crippen LogP contribution in [-0.2, 0) is 16.1 Å². The smallest absolute Gasteiger partial charge is 0.407 e. The molecule has 0 unspecified atom stereocenters. The van der Waals surface area contributed by atoms with E-state index in [4.69, 9.17) is 14.6 Å². The summed E-state index contributed by atoms with van der Waals surface area (Å²) in [5.74, 6) is -0.476. The zero-order valence-corrected chi connectivity index (χ0v) is 15.2. The molecule has 2 aromatic rings. The van der Waals surface area contributed by atoms with Crippen LogP contribution in [0.2, 0.25) is 0 Å². The Bertz CT molecular complexity index is 736. The van der Waals surface area contributed by atoms with Gasteiger partial charge in [-0.3, -0.25) is 4.79 Å². The van der Waals surface area contributed by atoms with Gasteiger partial charge in [0.2, 0.25) is 0 Å². The van der Waals surface area contributed by atoms with Gasteiger partial charge in [-0.25, -0.2) is 4.79 Å². The van der Waals surface area contributed by atoms with E-state index < -0.39 is 18.1 Å². The van der Waals surface area contributed by atoms with Gasteiger partial charge in [-0.15, -0.1) is 0 Å². The van der Waals surface area contributed by atoms with Crippen molar-refractivity contribution in [1.82, 2.24) is 5.32 Å². The number of alkyl carbamates (subject to hydrolysis) is 1. The Kier molecular flexibility index (Phi) is 6.82. The van der Waals surface area contributed by atoms with Gasteiger partial charge in [0.05, 0.1) is 19.6 Å². The Morgan fingerprint density at radius 2 is 1.92 bits per heavy atom. The highest BCUT2D eigenvalue weighted by molar-refractivity contribution is 9.10. The highest BCUT2D eigenvalue weighted by Gasteiger charge is 2.21. The number of amides is 1. The Morgan fingerprint density at radius 3 is 2.56 bits per heavy atom. The second kappa shape index (κ2) is 9.08. The molecular formula is C18H18BrNO5. The van der Waals surface area contributed by atoms with Crippen molar-refractivity contribution in [2.24, 2.45) is 0 Å². The van der Waals surface area contributed by atoms with Crippen LogP contribution in [0.25, 0.3) is 0 Å². The topological polar surface area (TPSA) is 84.9 Å². The molecule has 0 saturated carbocycles. The average molecular weight is 408 g/mol. The third-order valence-electron chi connectivity index (χ3n) is 3.46. The van der Waals surface area contributed by atoms with Gasteiger partial charge in [-0.2, -0.15) is 0 Å². The molecule has 25 heavy (non-hydrogen) atoms. The van der Waals surface area contributed by atoms with Gasteiger partial charge < -0.3 is 19.9 Å². The lowest BCUT2D eigenvalue weighted by Crippen LogP contribution is -2.31. The van der Waals surface area contributed by atoms with E-state index in [1.165, 1.54) is 7.11 Å². The van der Waals surface area contributed by atoms with Crippen LogP contribution in [0.3, 0.4) is 0 Å². The summed E-state index contributed by atoms with van der Waals surface area (Å²) in [6, 6.07) is 13.6. The van der Waals surface area contributed by atoms with Crippen molar-refractivity contribution in [3.8, 4) is 5.75 Å². The molecule has 0 radical (unpaired) electrons. The first-order valence-corrected chi connectivity index (χ1v) is 8.31. The first kappa shape index (κ1) is 18.8. The largest absolute Gasteiger partial charge is 0.497 e. The number of carboxylic acid groups (broad SMARTS) is 1. The molecule has 7 heteroatoms. The number of carbonyl (C=O) groups is 2. The van der Waals surface area contributed by atoms with Crippen LogP contribution in [0.4, 0.5) is 4.79 Å². The highest BCUT2D eigenvalue weighted by atomic mass is 79.9. The maximum absolute atomic E-state index is 12.1. The van der Waals surface area contributed by atoms with Crippen molar-refractivity contribution in [3.05, 3.63) is 64.1 Å². The fourth-order valence-corrected chi connectivity index (χ4v) is 2.76. The monoisotopic (exact) mass is 407 g/mol. The van der Waals surface area contributed by atoms with E-state index in [9.17, 15) is 9.59 Å². The average Bonchev–Trinajstić information content (AvgIpc) is 2.60. The number of carbonyl (C=O) groups excluding carboxylic acids is 1. The summed E-state index contributed by atoms with van der Waals surface area (Å²) >= 11 is 3.38. The normalized spacial score (nSPS) is 11.4. The molecule has 2 N–H and O–H groups in total. The van der Waals surface area contributed by atoms with Crippen LogP contribution < -0.4 is 10.1 Å². The molecule has 132 valence electrons. The van der Waals surface area contributed by atoms with Crippen molar-refractivity contribution in [2.75, 3.05) is 7.11 Å². The number of methoxy groups -OCH3 is 1. The third-order valence-corrected chi connectivity index (χ3v) is 4.18. The van der Waals surface area contributed by atoms with E-state index in [0.29, 0.717) is 15.8 Å². The molecule has 6 nitrogen and oxygen atoms in total. The number of benzene rings is 2. The number of aliphatic carboxylic acids is 1. The minimum atomic E-state index is -1.04. The summed E-state index contributed by atoms with van der Waals surface area (Å²) in [7, 11) is 1.51. The second-order valence-electron chi connectivity index (χ2n) is 5.24. The van der Waals surface area contributed by atoms with Crippen molar-refractivity contribution in [1.29, 1.82) is 0 Å². The maximum Gasteiger partial charge on any atom is 0.407 e. The molecule has 0 fully saturated rings. The summed E-state index contributed by atoms with van der Waals surface area (Å²) < 4.78 is 11.0. The van der Waals surface area contributed by atoms with Crippen LogP contribution in [0, 0.1) is 0 Å². The molecule has 0 aliphatic rings. The molecule has 0 saturated heterocycles. The van der Waals surface area contributed by atoms with Gasteiger partial charge in [0.25, 0.3) is 0 Å². The van der Waals surface area contributed by atoms with Gasteiger partial charge in [0.1, 0.15) is 12.4 Å². The molecule has 0 bridgehead atoms. The van der Waals surface area contributed by atoms with Crippen LogP contribution in [0.15, 0.2) is 53.0 Å². The lowest BCUT2D eigenvalue weighted by atomic mass is 10.0. The molecule has 0 heterocycles. The fourth-order valence-electron chi connectivity index (χ4n) is 2.24. The molecule has 2 rings (SSSR count). The van der Waals surface area contributed by atoms with Gasteiger partial charge >= 0.3 is 12.1 Å². The minimum absolute atomic E-state index is 0.103. The summed E-state index contributed by atoms with van der Waals surface area (Å²) in [5.41, 5.74) is 1.44. The third kappa shape index (κ3) is 5.79. The van der Waals surface area contributed by atoms with Gasteiger partial charge in [-0.05, 0) is 29.3 Å².